The van der Waals surface area contributed by atoms with E-state index in [4.69, 9.17) is 25.8 Å². The molecule has 0 spiro atoms. The van der Waals surface area contributed by atoms with E-state index in [0.29, 0.717) is 35.1 Å². The Balaban J connectivity index is 0.00000289. The summed E-state index contributed by atoms with van der Waals surface area (Å²) in [7, 11) is 1.60. The molecule has 0 unspecified atom stereocenters. The number of hydrogen-bond donors (Lipinski definition) is 1. The van der Waals surface area contributed by atoms with Crippen LogP contribution in [0.3, 0.4) is 0 Å². The molecule has 2 heterocycles. The molecule has 1 aromatic heterocycles. The zero-order chi connectivity index (χ0) is 21.6. The topological polar surface area (TPSA) is 68.7 Å². The summed E-state index contributed by atoms with van der Waals surface area (Å²) in [6.45, 7) is 5.00. The smallest absolute Gasteiger partial charge is 0.162 e. The van der Waals surface area contributed by atoms with Gasteiger partial charge in [0.2, 0.25) is 0 Å². The summed E-state index contributed by atoms with van der Waals surface area (Å²) < 4.78 is 30.4. The van der Waals surface area contributed by atoms with Crippen LogP contribution in [0.2, 0.25) is 5.02 Å². The fourth-order valence-electron chi connectivity index (χ4n) is 3.44. The van der Waals surface area contributed by atoms with Crippen LogP contribution in [0.4, 0.5) is 15.9 Å². The Bertz CT molecular complexity index is 1050. The number of benzene rings is 2. The number of nitrogens with zero attached hydrogens (tertiary/aromatic N) is 3. The molecular formula is C23H28ClFN4O3. The minimum Gasteiger partial charge on any atom is -0.493 e. The molecule has 0 amide bonds. The number of nitrogens with one attached hydrogen (secondary N) is 1. The minimum absolute atomic E-state index is 0. The summed E-state index contributed by atoms with van der Waals surface area (Å²) in [6.07, 6.45) is 2.35. The average Bonchev–Trinajstić information content (AvgIpc) is 2.79. The number of fused-ring (bicyclic) bond motifs is 1. The predicted molar refractivity (Wildman–Crippen MR) is 125 cm³/mol. The van der Waals surface area contributed by atoms with Crippen LogP contribution >= 0.6 is 11.6 Å². The number of hydrogen-bond acceptors (Lipinski definition) is 7. The van der Waals surface area contributed by atoms with Crippen LogP contribution in [-0.4, -0.2) is 61.4 Å². The Hall–Kier alpha value is -2.68. The fourth-order valence-corrected chi connectivity index (χ4v) is 3.62. The molecule has 0 atom stereocenters. The SMILES string of the molecule is C.COc1cc2ncnc(Nc3ccc(F)c(Cl)c3)c2cc1OCCCN1CCOCC1. The van der Waals surface area contributed by atoms with Gasteiger partial charge < -0.3 is 19.5 Å². The molecule has 1 saturated heterocycles. The Morgan fingerprint density at radius 2 is 1.97 bits per heavy atom. The van der Waals surface area contributed by atoms with Crippen LogP contribution in [0.25, 0.3) is 10.9 Å². The third-order valence-electron chi connectivity index (χ3n) is 5.08. The van der Waals surface area contributed by atoms with Gasteiger partial charge in [-0.2, -0.15) is 0 Å². The Labute approximate surface area is 192 Å². The molecule has 1 aliphatic rings. The quantitative estimate of drug-likeness (QED) is 0.477. The van der Waals surface area contributed by atoms with Gasteiger partial charge in [-0.3, -0.25) is 4.90 Å². The van der Waals surface area contributed by atoms with Gasteiger partial charge in [0, 0.05) is 36.8 Å². The van der Waals surface area contributed by atoms with E-state index < -0.39 is 5.82 Å². The molecule has 9 heteroatoms. The molecule has 0 bridgehead atoms. The van der Waals surface area contributed by atoms with Gasteiger partial charge in [-0.15, -0.1) is 0 Å². The number of halogens is 2. The second-order valence-electron chi connectivity index (χ2n) is 7.15. The second kappa shape index (κ2) is 11.3. The lowest BCUT2D eigenvalue weighted by molar-refractivity contribution is 0.0357. The molecule has 32 heavy (non-hydrogen) atoms. The molecule has 7 nitrogen and oxygen atoms in total. The van der Waals surface area contributed by atoms with E-state index in [-0.39, 0.29) is 12.4 Å². The van der Waals surface area contributed by atoms with E-state index in [0.717, 1.165) is 44.7 Å². The first-order valence-electron chi connectivity index (χ1n) is 10.1. The molecule has 1 N–H and O–H groups in total. The second-order valence-corrected chi connectivity index (χ2v) is 7.56. The first-order valence-corrected chi connectivity index (χ1v) is 10.5. The predicted octanol–water partition coefficient (Wildman–Crippen LogP) is 4.91. The summed E-state index contributed by atoms with van der Waals surface area (Å²) in [5, 5.41) is 3.97. The van der Waals surface area contributed by atoms with E-state index in [1.54, 1.807) is 13.2 Å². The summed E-state index contributed by atoms with van der Waals surface area (Å²) in [6, 6.07) is 8.09. The number of rotatable bonds is 8. The van der Waals surface area contributed by atoms with Gasteiger partial charge in [0.15, 0.2) is 11.5 Å². The number of morpholine rings is 1. The number of methoxy groups -OCH3 is 1. The van der Waals surface area contributed by atoms with Crippen LogP contribution < -0.4 is 14.8 Å². The third-order valence-corrected chi connectivity index (χ3v) is 5.37. The molecule has 1 fully saturated rings. The van der Waals surface area contributed by atoms with Crippen molar-refractivity contribution in [2.75, 3.05) is 51.9 Å². The molecule has 4 rings (SSSR count). The molecule has 172 valence electrons. The van der Waals surface area contributed by atoms with E-state index in [9.17, 15) is 4.39 Å². The highest BCUT2D eigenvalue weighted by Gasteiger charge is 2.14. The van der Waals surface area contributed by atoms with Crippen molar-refractivity contribution in [3.63, 3.8) is 0 Å². The zero-order valence-corrected chi connectivity index (χ0v) is 18.0. The van der Waals surface area contributed by atoms with E-state index in [1.165, 1.54) is 18.5 Å². The van der Waals surface area contributed by atoms with E-state index >= 15 is 0 Å². The maximum Gasteiger partial charge on any atom is 0.162 e. The van der Waals surface area contributed by atoms with Crippen molar-refractivity contribution in [2.24, 2.45) is 0 Å². The molecule has 3 aromatic rings. The van der Waals surface area contributed by atoms with Crippen molar-refractivity contribution in [1.82, 2.24) is 14.9 Å². The molecule has 0 radical (unpaired) electrons. The first-order chi connectivity index (χ1) is 15.1. The monoisotopic (exact) mass is 462 g/mol. The minimum atomic E-state index is -0.475. The largest absolute Gasteiger partial charge is 0.493 e. The molecule has 1 aliphatic heterocycles. The Morgan fingerprint density at radius 3 is 2.72 bits per heavy atom. The van der Waals surface area contributed by atoms with Gasteiger partial charge in [0.05, 0.1) is 37.5 Å². The Kier molecular flexibility index (Phi) is 8.44. The standard InChI is InChI=1S/C22H24ClFN4O3.CH4/c1-29-20-13-19-16(12-21(20)31-8-2-5-28-6-9-30-10-7-28)22(26-14-25-19)27-15-3-4-18(24)17(23)11-15;/h3-4,11-14H,2,5-10H2,1H3,(H,25,26,27);1H4. The lowest BCUT2D eigenvalue weighted by Gasteiger charge is -2.26. The summed E-state index contributed by atoms with van der Waals surface area (Å²) in [5.41, 5.74) is 1.32. The highest BCUT2D eigenvalue weighted by atomic mass is 35.5. The summed E-state index contributed by atoms with van der Waals surface area (Å²) >= 11 is 5.90. The van der Waals surface area contributed by atoms with Gasteiger partial charge in [0.25, 0.3) is 0 Å². The highest BCUT2D eigenvalue weighted by Crippen LogP contribution is 2.35. The third kappa shape index (κ3) is 5.76. The van der Waals surface area contributed by atoms with Gasteiger partial charge in [-0.1, -0.05) is 19.0 Å². The summed E-state index contributed by atoms with van der Waals surface area (Å²) in [5.74, 6) is 1.31. The van der Waals surface area contributed by atoms with Crippen molar-refractivity contribution in [1.29, 1.82) is 0 Å². The molecule has 2 aromatic carbocycles. The normalized spacial score (nSPS) is 14.1. The van der Waals surface area contributed by atoms with Gasteiger partial charge in [-0.05, 0) is 30.7 Å². The Morgan fingerprint density at radius 1 is 1.16 bits per heavy atom. The van der Waals surface area contributed by atoms with Crippen LogP contribution in [0, 0.1) is 5.82 Å². The van der Waals surface area contributed by atoms with Gasteiger partial charge in [0.1, 0.15) is 18.0 Å². The highest BCUT2D eigenvalue weighted by molar-refractivity contribution is 6.31. The fraction of sp³-hybridized carbons (Fsp3) is 0.391. The maximum absolute atomic E-state index is 13.5. The van der Waals surface area contributed by atoms with Crippen molar-refractivity contribution in [3.8, 4) is 11.5 Å². The first kappa shape index (κ1) is 24.0. The van der Waals surface area contributed by atoms with Gasteiger partial charge >= 0.3 is 0 Å². The number of anilines is 2. The van der Waals surface area contributed by atoms with Crippen LogP contribution in [0.15, 0.2) is 36.7 Å². The lowest BCUT2D eigenvalue weighted by atomic mass is 10.2. The average molecular weight is 463 g/mol. The summed E-state index contributed by atoms with van der Waals surface area (Å²) in [4.78, 5) is 11.0. The molecule has 0 aliphatic carbocycles. The van der Waals surface area contributed by atoms with E-state index in [1.807, 2.05) is 12.1 Å². The van der Waals surface area contributed by atoms with Crippen molar-refractivity contribution in [3.05, 3.63) is 47.5 Å². The zero-order valence-electron chi connectivity index (χ0n) is 17.2. The number of aromatic nitrogens is 2. The van der Waals surface area contributed by atoms with Gasteiger partial charge in [-0.25, -0.2) is 14.4 Å². The van der Waals surface area contributed by atoms with Crippen molar-refractivity contribution >= 4 is 34.0 Å². The van der Waals surface area contributed by atoms with E-state index in [2.05, 4.69) is 20.2 Å². The molecular weight excluding hydrogens is 435 g/mol. The van der Waals surface area contributed by atoms with Crippen molar-refractivity contribution in [2.45, 2.75) is 13.8 Å². The number of ether oxygens (including phenoxy) is 3. The van der Waals surface area contributed by atoms with Crippen LogP contribution in [0.1, 0.15) is 13.8 Å². The van der Waals surface area contributed by atoms with Crippen molar-refractivity contribution < 1.29 is 18.6 Å². The van der Waals surface area contributed by atoms with Crippen LogP contribution in [0.5, 0.6) is 11.5 Å². The van der Waals surface area contributed by atoms with Crippen LogP contribution in [-0.2, 0) is 4.74 Å². The lowest BCUT2D eigenvalue weighted by Crippen LogP contribution is -2.37. The maximum atomic E-state index is 13.5. The molecule has 0 saturated carbocycles.